The Morgan fingerprint density at radius 3 is 2.58 bits per heavy atom. The Labute approximate surface area is 153 Å². The maximum atomic E-state index is 12.4. The lowest BCUT2D eigenvalue weighted by Gasteiger charge is -2.25. The van der Waals surface area contributed by atoms with Crippen molar-refractivity contribution in [3.8, 4) is 5.69 Å². The minimum absolute atomic E-state index is 0.0103. The average Bonchev–Trinajstić information content (AvgIpc) is 3.17. The fourth-order valence-corrected chi connectivity index (χ4v) is 2.65. The second-order valence-electron chi connectivity index (χ2n) is 6.21. The molecule has 1 atom stereocenters. The van der Waals surface area contributed by atoms with Gasteiger partial charge in [0.1, 0.15) is 12.7 Å². The smallest absolute Gasteiger partial charge is 0.312 e. The SMILES string of the molecule is C[C@@H](c1ccc(-n2cncn2)cc1)N(C)C(=O)CCCCCNC(N)=O. The Balaban J connectivity index is 1.79. The molecular formula is C18H26N6O2. The number of primary amides is 1. The second kappa shape index (κ2) is 9.55. The van der Waals surface area contributed by atoms with Crippen molar-refractivity contribution in [3.63, 3.8) is 0 Å². The van der Waals surface area contributed by atoms with Crippen LogP contribution in [0.2, 0.25) is 0 Å². The van der Waals surface area contributed by atoms with Gasteiger partial charge in [0.2, 0.25) is 5.91 Å². The highest BCUT2D eigenvalue weighted by molar-refractivity contribution is 5.76. The van der Waals surface area contributed by atoms with Crippen molar-refractivity contribution < 1.29 is 9.59 Å². The number of hydrogen-bond acceptors (Lipinski definition) is 4. The number of benzene rings is 1. The van der Waals surface area contributed by atoms with Crippen LogP contribution in [-0.4, -0.2) is 45.2 Å². The topological polar surface area (TPSA) is 106 Å². The number of carbonyl (C=O) groups excluding carboxylic acids is 2. The lowest BCUT2D eigenvalue weighted by atomic mass is 10.1. The maximum Gasteiger partial charge on any atom is 0.312 e. The summed E-state index contributed by atoms with van der Waals surface area (Å²) in [4.78, 5) is 28.6. The fourth-order valence-electron chi connectivity index (χ4n) is 2.65. The Kier molecular flexibility index (Phi) is 7.13. The molecule has 3 amide bonds. The number of nitrogens with zero attached hydrogens (tertiary/aromatic N) is 4. The third kappa shape index (κ3) is 5.58. The van der Waals surface area contributed by atoms with Gasteiger partial charge in [0, 0.05) is 20.0 Å². The molecule has 0 aliphatic carbocycles. The molecule has 0 fully saturated rings. The molecule has 0 aliphatic rings. The summed E-state index contributed by atoms with van der Waals surface area (Å²) in [5.74, 6) is 0.112. The van der Waals surface area contributed by atoms with Crippen LogP contribution < -0.4 is 11.1 Å². The number of aromatic nitrogens is 3. The summed E-state index contributed by atoms with van der Waals surface area (Å²) >= 11 is 0. The van der Waals surface area contributed by atoms with Crippen molar-refractivity contribution in [3.05, 3.63) is 42.5 Å². The first kappa shape index (κ1) is 19.4. The van der Waals surface area contributed by atoms with Gasteiger partial charge in [0.05, 0.1) is 11.7 Å². The molecule has 1 heterocycles. The molecule has 3 N–H and O–H groups in total. The fraction of sp³-hybridized carbons (Fsp3) is 0.444. The first-order valence-electron chi connectivity index (χ1n) is 8.73. The van der Waals surface area contributed by atoms with Crippen LogP contribution in [0, 0.1) is 0 Å². The normalized spacial score (nSPS) is 11.8. The molecule has 0 saturated heterocycles. The molecule has 0 bridgehead atoms. The van der Waals surface area contributed by atoms with Gasteiger partial charge in [-0.05, 0) is 37.5 Å². The van der Waals surface area contributed by atoms with E-state index in [1.807, 2.05) is 38.2 Å². The maximum absolute atomic E-state index is 12.4. The Bertz CT molecular complexity index is 699. The van der Waals surface area contributed by atoms with E-state index < -0.39 is 6.03 Å². The molecule has 26 heavy (non-hydrogen) atoms. The standard InChI is InChI=1S/C18H26N6O2/c1-14(15-7-9-16(10-8-15)24-13-20-12-22-24)23(2)17(25)6-4-3-5-11-21-18(19)26/h7-10,12-14H,3-6,11H2,1-2H3,(H3,19,21,26)/t14-/m0/s1. The van der Waals surface area contributed by atoms with Gasteiger partial charge in [-0.25, -0.2) is 14.5 Å². The molecule has 140 valence electrons. The van der Waals surface area contributed by atoms with Gasteiger partial charge in [0.25, 0.3) is 0 Å². The highest BCUT2D eigenvalue weighted by atomic mass is 16.2. The van der Waals surface area contributed by atoms with Crippen LogP contribution in [0.1, 0.15) is 44.2 Å². The van der Waals surface area contributed by atoms with Crippen LogP contribution in [0.15, 0.2) is 36.9 Å². The van der Waals surface area contributed by atoms with Crippen molar-refractivity contribution >= 4 is 11.9 Å². The number of nitrogens with one attached hydrogen (secondary N) is 1. The van der Waals surface area contributed by atoms with Crippen molar-refractivity contribution in [2.45, 2.75) is 38.6 Å². The van der Waals surface area contributed by atoms with E-state index in [2.05, 4.69) is 15.4 Å². The van der Waals surface area contributed by atoms with Gasteiger partial charge in [-0.3, -0.25) is 4.79 Å². The van der Waals surface area contributed by atoms with E-state index in [9.17, 15) is 9.59 Å². The van der Waals surface area contributed by atoms with Crippen LogP contribution >= 0.6 is 0 Å². The zero-order chi connectivity index (χ0) is 18.9. The third-order valence-corrected chi connectivity index (χ3v) is 4.40. The number of nitrogens with two attached hydrogens (primary N) is 1. The molecule has 1 aromatic heterocycles. The van der Waals surface area contributed by atoms with Crippen molar-refractivity contribution in [2.75, 3.05) is 13.6 Å². The number of amides is 3. The molecule has 0 radical (unpaired) electrons. The molecule has 0 aliphatic heterocycles. The second-order valence-corrected chi connectivity index (χ2v) is 6.21. The first-order valence-corrected chi connectivity index (χ1v) is 8.73. The largest absolute Gasteiger partial charge is 0.352 e. The highest BCUT2D eigenvalue weighted by Gasteiger charge is 2.17. The Hall–Kier alpha value is -2.90. The zero-order valence-electron chi connectivity index (χ0n) is 15.3. The van der Waals surface area contributed by atoms with Gasteiger partial charge >= 0.3 is 6.03 Å². The van der Waals surface area contributed by atoms with Crippen LogP contribution in [0.3, 0.4) is 0 Å². The van der Waals surface area contributed by atoms with E-state index in [4.69, 9.17) is 5.73 Å². The first-order chi connectivity index (χ1) is 12.5. The van der Waals surface area contributed by atoms with E-state index >= 15 is 0 Å². The third-order valence-electron chi connectivity index (χ3n) is 4.40. The number of carbonyl (C=O) groups is 2. The monoisotopic (exact) mass is 358 g/mol. The molecule has 2 rings (SSSR count). The van der Waals surface area contributed by atoms with Crippen LogP contribution in [-0.2, 0) is 4.79 Å². The summed E-state index contributed by atoms with van der Waals surface area (Å²) in [7, 11) is 1.83. The molecule has 0 spiro atoms. The molecule has 2 aromatic rings. The van der Waals surface area contributed by atoms with Crippen LogP contribution in [0.25, 0.3) is 5.69 Å². The average molecular weight is 358 g/mol. The highest BCUT2D eigenvalue weighted by Crippen LogP contribution is 2.21. The summed E-state index contributed by atoms with van der Waals surface area (Å²) in [6, 6.07) is 7.41. The summed E-state index contributed by atoms with van der Waals surface area (Å²) < 4.78 is 1.69. The van der Waals surface area contributed by atoms with Crippen LogP contribution in [0.5, 0.6) is 0 Å². The van der Waals surface area contributed by atoms with Gasteiger partial charge in [-0.15, -0.1) is 0 Å². The van der Waals surface area contributed by atoms with Crippen molar-refractivity contribution in [1.29, 1.82) is 0 Å². The summed E-state index contributed by atoms with van der Waals surface area (Å²) in [6.07, 6.45) is 6.12. The van der Waals surface area contributed by atoms with E-state index in [1.54, 1.807) is 15.9 Å². The molecule has 1 aromatic carbocycles. The Morgan fingerprint density at radius 2 is 1.96 bits per heavy atom. The Morgan fingerprint density at radius 1 is 1.23 bits per heavy atom. The van der Waals surface area contributed by atoms with Gasteiger partial charge in [0.15, 0.2) is 0 Å². The van der Waals surface area contributed by atoms with Gasteiger partial charge < -0.3 is 16.0 Å². The quantitative estimate of drug-likeness (QED) is 0.669. The number of rotatable bonds is 9. The van der Waals surface area contributed by atoms with E-state index in [-0.39, 0.29) is 11.9 Å². The molecule has 8 heteroatoms. The van der Waals surface area contributed by atoms with Crippen molar-refractivity contribution in [1.82, 2.24) is 25.0 Å². The number of unbranched alkanes of at least 4 members (excludes halogenated alkanes) is 2. The minimum atomic E-state index is -0.510. The minimum Gasteiger partial charge on any atom is -0.352 e. The summed E-state index contributed by atoms with van der Waals surface area (Å²) in [5.41, 5.74) is 6.99. The van der Waals surface area contributed by atoms with Crippen LogP contribution in [0.4, 0.5) is 4.79 Å². The molecule has 0 unspecified atom stereocenters. The van der Waals surface area contributed by atoms with E-state index in [0.29, 0.717) is 13.0 Å². The lowest BCUT2D eigenvalue weighted by Crippen LogP contribution is -2.30. The van der Waals surface area contributed by atoms with Gasteiger partial charge in [-0.2, -0.15) is 5.10 Å². The summed E-state index contributed by atoms with van der Waals surface area (Å²) in [6.45, 7) is 2.56. The molecular weight excluding hydrogens is 332 g/mol. The van der Waals surface area contributed by atoms with Gasteiger partial charge in [-0.1, -0.05) is 18.6 Å². The zero-order valence-corrected chi connectivity index (χ0v) is 15.3. The number of hydrogen-bond donors (Lipinski definition) is 2. The lowest BCUT2D eigenvalue weighted by molar-refractivity contribution is -0.131. The van der Waals surface area contributed by atoms with E-state index in [0.717, 1.165) is 30.5 Å². The molecule has 8 nitrogen and oxygen atoms in total. The van der Waals surface area contributed by atoms with E-state index in [1.165, 1.54) is 6.33 Å². The van der Waals surface area contributed by atoms with Crippen molar-refractivity contribution in [2.24, 2.45) is 5.73 Å². The predicted octanol–water partition coefficient (Wildman–Crippen LogP) is 2.02. The molecule has 0 saturated carbocycles. The summed E-state index contributed by atoms with van der Waals surface area (Å²) in [5, 5.41) is 6.64. The number of urea groups is 1. The predicted molar refractivity (Wildman–Crippen MR) is 98.6 cm³/mol.